The summed E-state index contributed by atoms with van der Waals surface area (Å²) in [5, 5.41) is 0. The van der Waals surface area contributed by atoms with Crippen molar-refractivity contribution in [2.75, 3.05) is 0 Å². The summed E-state index contributed by atoms with van der Waals surface area (Å²) in [5.74, 6) is 3.30. The van der Waals surface area contributed by atoms with Gasteiger partial charge in [-0.3, -0.25) is 4.79 Å². The SMILES string of the molecule is CC(=O)O[C@@H]1CCC2(C)C3CCC4(C)C([C@H](C)/C=C/[C@H](C)C(C)C)CCC4[C@@]34C=C[C@]2(C1)OO4. The van der Waals surface area contributed by atoms with Crippen LogP contribution in [0.5, 0.6) is 0 Å². The Hall–Kier alpha value is -1.13. The average Bonchev–Trinajstić information content (AvgIpc) is 3.14. The molecule has 6 rings (SSSR count). The molecule has 0 radical (unpaired) electrons. The van der Waals surface area contributed by atoms with Gasteiger partial charge in [0.1, 0.15) is 17.3 Å². The lowest BCUT2D eigenvalue weighted by atomic mass is 9.42. The summed E-state index contributed by atoms with van der Waals surface area (Å²) >= 11 is 0. The zero-order valence-electron chi connectivity index (χ0n) is 22.4. The van der Waals surface area contributed by atoms with E-state index in [2.05, 4.69) is 65.8 Å². The van der Waals surface area contributed by atoms with E-state index < -0.39 is 5.60 Å². The van der Waals surface area contributed by atoms with Crippen LogP contribution in [0.3, 0.4) is 0 Å². The van der Waals surface area contributed by atoms with Gasteiger partial charge in [-0.05, 0) is 73.7 Å². The Labute approximate surface area is 206 Å². The van der Waals surface area contributed by atoms with E-state index in [9.17, 15) is 4.79 Å². The number of esters is 1. The molecule has 0 aromatic rings. The summed E-state index contributed by atoms with van der Waals surface area (Å²) in [4.78, 5) is 24.6. The molecule has 0 aromatic carbocycles. The number of carbonyl (C=O) groups excluding carboxylic acids is 1. The van der Waals surface area contributed by atoms with Crippen molar-refractivity contribution in [3.8, 4) is 0 Å². The number of hydrogen-bond donors (Lipinski definition) is 0. The predicted octanol–water partition coefficient (Wildman–Crippen LogP) is 7.04. The molecule has 10 atom stereocenters. The fraction of sp³-hybridized carbons (Fsp3) is 0.833. The molecule has 4 aliphatic carbocycles. The highest BCUT2D eigenvalue weighted by atomic mass is 17.2. The second-order valence-corrected chi connectivity index (χ2v) is 13.3. The third-order valence-corrected chi connectivity index (χ3v) is 11.4. The first-order chi connectivity index (χ1) is 16.0. The van der Waals surface area contributed by atoms with Crippen molar-refractivity contribution in [2.45, 2.75) is 111 Å². The van der Waals surface area contributed by atoms with Gasteiger partial charge in [0, 0.05) is 30.6 Å². The summed E-state index contributed by atoms with van der Waals surface area (Å²) in [7, 11) is 0. The molecular formula is C30H46O4. The minimum atomic E-state index is -0.480. The fourth-order valence-corrected chi connectivity index (χ4v) is 9.03. The molecule has 4 heteroatoms. The molecule has 3 saturated carbocycles. The lowest BCUT2D eigenvalue weighted by Gasteiger charge is -2.69. The predicted molar refractivity (Wildman–Crippen MR) is 134 cm³/mol. The Balaban J connectivity index is 1.42. The smallest absolute Gasteiger partial charge is 0.302 e. The van der Waals surface area contributed by atoms with Gasteiger partial charge in [0.15, 0.2) is 0 Å². The first-order valence-corrected chi connectivity index (χ1v) is 13.9. The van der Waals surface area contributed by atoms with Crippen LogP contribution in [-0.4, -0.2) is 23.3 Å². The topological polar surface area (TPSA) is 44.8 Å². The number of allylic oxidation sites excluding steroid dienone is 2. The molecule has 5 unspecified atom stereocenters. The second-order valence-electron chi connectivity index (χ2n) is 13.3. The molecule has 2 heterocycles. The van der Waals surface area contributed by atoms with Crippen LogP contribution < -0.4 is 0 Å². The van der Waals surface area contributed by atoms with Gasteiger partial charge < -0.3 is 4.74 Å². The van der Waals surface area contributed by atoms with Gasteiger partial charge in [-0.1, -0.05) is 59.8 Å². The van der Waals surface area contributed by atoms with E-state index in [4.69, 9.17) is 14.5 Å². The Morgan fingerprint density at radius 3 is 2.38 bits per heavy atom. The number of carbonyl (C=O) groups is 1. The van der Waals surface area contributed by atoms with Crippen LogP contribution in [0, 0.1) is 46.3 Å². The van der Waals surface area contributed by atoms with E-state index in [-0.39, 0.29) is 28.5 Å². The van der Waals surface area contributed by atoms with Gasteiger partial charge >= 0.3 is 5.97 Å². The van der Waals surface area contributed by atoms with Crippen LogP contribution in [0.1, 0.15) is 93.4 Å². The molecule has 190 valence electrons. The fourth-order valence-electron chi connectivity index (χ4n) is 9.03. The van der Waals surface area contributed by atoms with Gasteiger partial charge in [-0.15, -0.1) is 0 Å². The molecule has 4 nitrogen and oxygen atoms in total. The third-order valence-electron chi connectivity index (χ3n) is 11.4. The lowest BCUT2D eigenvalue weighted by Crippen LogP contribution is -2.73. The Bertz CT molecular complexity index is 877. The largest absolute Gasteiger partial charge is 0.462 e. The number of rotatable bonds is 5. The standard InChI is InChI=1S/C30H46O4/c1-19(2)20(3)8-9-21(4)24-10-11-25-27(24,6)14-13-26-28(7)15-12-23(32-22(5)31)18-29(28)16-17-30(25,26)34-33-29/h8-9,16-17,19-21,23-26H,10-15,18H2,1-7H3/b9-8+/t20-,21+,23+,24?,25?,26?,27?,28?,29+,30-/m0/s1. The van der Waals surface area contributed by atoms with E-state index in [1.165, 1.54) is 32.6 Å². The molecular weight excluding hydrogens is 424 g/mol. The van der Waals surface area contributed by atoms with E-state index in [0.29, 0.717) is 41.9 Å². The van der Waals surface area contributed by atoms with Crippen molar-refractivity contribution >= 4 is 5.97 Å². The summed E-state index contributed by atoms with van der Waals surface area (Å²) in [6.45, 7) is 15.9. The van der Waals surface area contributed by atoms with E-state index in [1.807, 2.05) is 0 Å². The molecule has 2 aliphatic heterocycles. The lowest BCUT2D eigenvalue weighted by molar-refractivity contribution is -0.497. The second kappa shape index (κ2) is 8.20. The monoisotopic (exact) mass is 470 g/mol. The first kappa shape index (κ1) is 24.6. The molecule has 6 aliphatic rings. The Morgan fingerprint density at radius 2 is 1.74 bits per heavy atom. The van der Waals surface area contributed by atoms with Gasteiger partial charge in [0.05, 0.1) is 0 Å². The maximum absolute atomic E-state index is 11.6. The van der Waals surface area contributed by atoms with Crippen LogP contribution >= 0.6 is 0 Å². The molecule has 0 aromatic heterocycles. The normalized spacial score (nSPS) is 48.9. The van der Waals surface area contributed by atoms with Crippen molar-refractivity contribution in [1.29, 1.82) is 0 Å². The quantitative estimate of drug-likeness (QED) is 0.245. The highest BCUT2D eigenvalue weighted by Crippen LogP contribution is 2.72. The molecule has 2 bridgehead atoms. The maximum atomic E-state index is 11.6. The van der Waals surface area contributed by atoms with Crippen molar-refractivity contribution in [1.82, 2.24) is 0 Å². The van der Waals surface area contributed by atoms with E-state index >= 15 is 0 Å². The number of fused-ring (bicyclic) bond motifs is 2. The molecule has 4 fully saturated rings. The van der Waals surface area contributed by atoms with E-state index in [1.54, 1.807) is 0 Å². The van der Waals surface area contributed by atoms with Crippen LogP contribution in [0.25, 0.3) is 0 Å². The maximum Gasteiger partial charge on any atom is 0.302 e. The van der Waals surface area contributed by atoms with Crippen LogP contribution in [0.2, 0.25) is 0 Å². The van der Waals surface area contributed by atoms with Gasteiger partial charge in [-0.2, -0.15) is 0 Å². The highest BCUT2D eigenvalue weighted by molar-refractivity contribution is 5.66. The number of hydrogen-bond acceptors (Lipinski definition) is 4. The third kappa shape index (κ3) is 3.34. The zero-order valence-corrected chi connectivity index (χ0v) is 22.4. The van der Waals surface area contributed by atoms with Crippen molar-refractivity contribution < 1.29 is 19.3 Å². The first-order valence-electron chi connectivity index (χ1n) is 13.9. The molecule has 1 saturated heterocycles. The van der Waals surface area contributed by atoms with Crippen molar-refractivity contribution in [3.63, 3.8) is 0 Å². The van der Waals surface area contributed by atoms with Crippen LogP contribution in [-0.2, 0) is 19.3 Å². The summed E-state index contributed by atoms with van der Waals surface area (Å²) in [6, 6.07) is 0. The van der Waals surface area contributed by atoms with Crippen LogP contribution in [0.15, 0.2) is 24.3 Å². The zero-order chi connectivity index (χ0) is 24.5. The van der Waals surface area contributed by atoms with Crippen molar-refractivity contribution in [3.05, 3.63) is 24.3 Å². The molecule has 2 spiro atoms. The number of ether oxygens (including phenoxy) is 1. The average molecular weight is 471 g/mol. The Kier molecular flexibility index (Phi) is 5.92. The molecule has 34 heavy (non-hydrogen) atoms. The Morgan fingerprint density at radius 1 is 0.971 bits per heavy atom. The summed E-state index contributed by atoms with van der Waals surface area (Å²) < 4.78 is 5.63. The van der Waals surface area contributed by atoms with E-state index in [0.717, 1.165) is 12.8 Å². The minimum Gasteiger partial charge on any atom is -0.462 e. The molecule has 0 amide bonds. The van der Waals surface area contributed by atoms with Gasteiger partial charge in [0.2, 0.25) is 0 Å². The highest BCUT2D eigenvalue weighted by Gasteiger charge is 2.74. The molecule has 0 N–H and O–H groups in total. The summed E-state index contributed by atoms with van der Waals surface area (Å²) in [6.07, 6.45) is 17.1. The summed E-state index contributed by atoms with van der Waals surface area (Å²) in [5.41, 5.74) is -0.514. The van der Waals surface area contributed by atoms with Gasteiger partial charge in [-0.25, -0.2) is 9.78 Å². The van der Waals surface area contributed by atoms with Gasteiger partial charge in [0.25, 0.3) is 0 Å². The van der Waals surface area contributed by atoms with Crippen molar-refractivity contribution in [2.24, 2.45) is 46.3 Å². The van der Waals surface area contributed by atoms with Crippen LogP contribution in [0.4, 0.5) is 0 Å². The minimum absolute atomic E-state index is 0.0221.